The quantitative estimate of drug-likeness (QED) is 0.732. The first-order chi connectivity index (χ1) is 5.27. The number of nitrogens with zero attached hydrogens (tertiary/aromatic N) is 2. The summed E-state index contributed by atoms with van der Waals surface area (Å²) in [6, 6.07) is 1.53. The normalized spacial score (nSPS) is 10.5. The van der Waals surface area contributed by atoms with Crippen molar-refractivity contribution in [1.82, 2.24) is 9.59 Å². The third-order valence-electron chi connectivity index (χ3n) is 1.16. The Kier molecular flexibility index (Phi) is 1.36. The van der Waals surface area contributed by atoms with Gasteiger partial charge in [0.15, 0.2) is 0 Å². The van der Waals surface area contributed by atoms with Gasteiger partial charge in [-0.15, -0.1) is 16.4 Å². The molecular formula is C5H2N2O2S2. The molecule has 0 spiro atoms. The van der Waals surface area contributed by atoms with Crippen molar-refractivity contribution >= 4 is 38.4 Å². The largest absolute Gasteiger partial charge is 0.477 e. The maximum atomic E-state index is 10.4. The van der Waals surface area contributed by atoms with Crippen molar-refractivity contribution < 1.29 is 9.90 Å². The molecule has 0 radical (unpaired) electrons. The number of fused-ring (bicyclic) bond motifs is 1. The molecule has 0 unspecified atom stereocenters. The van der Waals surface area contributed by atoms with E-state index in [-0.39, 0.29) is 0 Å². The number of carboxylic acid groups (broad SMARTS) is 1. The van der Waals surface area contributed by atoms with Gasteiger partial charge < -0.3 is 5.11 Å². The zero-order chi connectivity index (χ0) is 7.84. The van der Waals surface area contributed by atoms with Gasteiger partial charge in [0.25, 0.3) is 0 Å². The molecule has 2 aromatic heterocycles. The molecule has 0 aliphatic rings. The minimum Gasteiger partial charge on any atom is -0.477 e. The molecule has 11 heavy (non-hydrogen) atoms. The van der Waals surface area contributed by atoms with E-state index in [9.17, 15) is 4.79 Å². The van der Waals surface area contributed by atoms with Crippen molar-refractivity contribution in [2.75, 3.05) is 0 Å². The van der Waals surface area contributed by atoms with E-state index in [1.54, 1.807) is 0 Å². The SMILES string of the molecule is O=C(O)c1cc2nnsc2s1. The Morgan fingerprint density at radius 3 is 3.09 bits per heavy atom. The van der Waals surface area contributed by atoms with Crippen molar-refractivity contribution in [2.45, 2.75) is 0 Å². The van der Waals surface area contributed by atoms with Gasteiger partial charge in [0.05, 0.1) is 0 Å². The number of thiophene rings is 1. The van der Waals surface area contributed by atoms with Gasteiger partial charge in [-0.1, -0.05) is 4.49 Å². The van der Waals surface area contributed by atoms with E-state index in [0.717, 1.165) is 4.01 Å². The van der Waals surface area contributed by atoms with Gasteiger partial charge in [-0.05, 0) is 17.6 Å². The molecule has 2 rings (SSSR count). The van der Waals surface area contributed by atoms with Crippen LogP contribution in [0.5, 0.6) is 0 Å². The number of carbonyl (C=O) groups is 1. The average molecular weight is 186 g/mol. The standard InChI is InChI=1S/C5H2N2O2S2/c8-4(9)3-1-2-5(10-3)11-7-6-2/h1H,(H,8,9). The molecule has 0 aliphatic carbocycles. The van der Waals surface area contributed by atoms with E-state index in [1.807, 2.05) is 0 Å². The molecule has 0 saturated carbocycles. The number of aromatic carboxylic acids is 1. The van der Waals surface area contributed by atoms with Gasteiger partial charge in [-0.25, -0.2) is 4.79 Å². The number of rotatable bonds is 1. The van der Waals surface area contributed by atoms with Crippen LogP contribution in [0.15, 0.2) is 6.07 Å². The van der Waals surface area contributed by atoms with Crippen molar-refractivity contribution in [3.63, 3.8) is 0 Å². The van der Waals surface area contributed by atoms with E-state index in [2.05, 4.69) is 9.59 Å². The molecular weight excluding hydrogens is 184 g/mol. The highest BCUT2D eigenvalue weighted by molar-refractivity contribution is 7.36. The Morgan fingerprint density at radius 2 is 2.45 bits per heavy atom. The topological polar surface area (TPSA) is 63.1 Å². The molecule has 0 aromatic carbocycles. The minimum atomic E-state index is -0.903. The summed E-state index contributed by atoms with van der Waals surface area (Å²) in [4.78, 5) is 10.8. The highest BCUT2D eigenvalue weighted by Crippen LogP contribution is 2.26. The summed E-state index contributed by atoms with van der Waals surface area (Å²) in [7, 11) is 0. The summed E-state index contributed by atoms with van der Waals surface area (Å²) >= 11 is 2.43. The van der Waals surface area contributed by atoms with Crippen LogP contribution in [0.4, 0.5) is 0 Å². The number of hydrogen-bond acceptors (Lipinski definition) is 5. The third-order valence-corrected chi connectivity index (χ3v) is 3.08. The first kappa shape index (κ1) is 6.68. The average Bonchev–Trinajstić information content (AvgIpc) is 2.40. The molecule has 56 valence electrons. The predicted molar refractivity (Wildman–Crippen MR) is 42.3 cm³/mol. The van der Waals surface area contributed by atoms with Gasteiger partial charge in [-0.2, -0.15) is 0 Å². The Morgan fingerprint density at radius 1 is 1.64 bits per heavy atom. The molecule has 2 aromatic rings. The monoisotopic (exact) mass is 186 g/mol. The van der Waals surface area contributed by atoms with Gasteiger partial charge >= 0.3 is 5.97 Å². The molecule has 1 N–H and O–H groups in total. The van der Waals surface area contributed by atoms with Crippen LogP contribution in [0.3, 0.4) is 0 Å². The van der Waals surface area contributed by atoms with E-state index >= 15 is 0 Å². The van der Waals surface area contributed by atoms with Gasteiger partial charge in [-0.3, -0.25) is 0 Å². The molecule has 0 aliphatic heterocycles. The van der Waals surface area contributed by atoms with E-state index in [1.165, 1.54) is 28.9 Å². The van der Waals surface area contributed by atoms with Gasteiger partial charge in [0, 0.05) is 0 Å². The Hall–Kier alpha value is -1.01. The fourth-order valence-corrected chi connectivity index (χ4v) is 2.28. The zero-order valence-corrected chi connectivity index (χ0v) is 6.78. The minimum absolute atomic E-state index is 0.321. The molecule has 0 fully saturated rings. The number of hydrogen-bond donors (Lipinski definition) is 1. The molecule has 4 nitrogen and oxygen atoms in total. The predicted octanol–water partition coefficient (Wildman–Crippen LogP) is 1.45. The summed E-state index contributed by atoms with van der Waals surface area (Å²) in [6.45, 7) is 0. The van der Waals surface area contributed by atoms with Crippen LogP contribution in [-0.4, -0.2) is 20.7 Å². The fourth-order valence-electron chi connectivity index (χ4n) is 0.707. The lowest BCUT2D eigenvalue weighted by Crippen LogP contribution is -1.89. The lowest BCUT2D eigenvalue weighted by atomic mass is 10.4. The van der Waals surface area contributed by atoms with Crippen LogP contribution in [0.25, 0.3) is 9.53 Å². The van der Waals surface area contributed by atoms with E-state index in [0.29, 0.717) is 10.4 Å². The van der Waals surface area contributed by atoms with E-state index < -0.39 is 5.97 Å². The van der Waals surface area contributed by atoms with Crippen molar-refractivity contribution in [1.29, 1.82) is 0 Å². The summed E-state index contributed by atoms with van der Waals surface area (Å²) in [6.07, 6.45) is 0. The maximum Gasteiger partial charge on any atom is 0.345 e. The second-order valence-corrected chi connectivity index (χ2v) is 3.93. The summed E-state index contributed by atoms with van der Waals surface area (Å²) < 4.78 is 4.53. The second-order valence-electron chi connectivity index (χ2n) is 1.86. The lowest BCUT2D eigenvalue weighted by molar-refractivity contribution is 0.0702. The molecule has 0 saturated heterocycles. The van der Waals surface area contributed by atoms with Crippen molar-refractivity contribution in [3.8, 4) is 0 Å². The first-order valence-electron chi connectivity index (χ1n) is 2.72. The smallest absolute Gasteiger partial charge is 0.345 e. The Balaban J connectivity index is 2.67. The summed E-state index contributed by atoms with van der Waals surface area (Å²) in [5.41, 5.74) is 0.678. The summed E-state index contributed by atoms with van der Waals surface area (Å²) in [5, 5.41) is 12.3. The highest BCUT2D eigenvalue weighted by atomic mass is 32.2. The number of carboxylic acids is 1. The molecule has 6 heteroatoms. The van der Waals surface area contributed by atoms with Crippen molar-refractivity contribution in [2.24, 2.45) is 0 Å². The van der Waals surface area contributed by atoms with Gasteiger partial charge in [0.1, 0.15) is 14.4 Å². The van der Waals surface area contributed by atoms with E-state index in [4.69, 9.17) is 5.11 Å². The number of aromatic nitrogens is 2. The van der Waals surface area contributed by atoms with Gasteiger partial charge in [0.2, 0.25) is 0 Å². The molecule has 0 amide bonds. The molecule has 0 bridgehead atoms. The van der Waals surface area contributed by atoms with Crippen LogP contribution in [0, 0.1) is 0 Å². The maximum absolute atomic E-state index is 10.4. The van der Waals surface area contributed by atoms with Crippen LogP contribution in [-0.2, 0) is 0 Å². The zero-order valence-electron chi connectivity index (χ0n) is 5.14. The van der Waals surface area contributed by atoms with Crippen LogP contribution >= 0.6 is 22.9 Å². The van der Waals surface area contributed by atoms with Crippen molar-refractivity contribution in [3.05, 3.63) is 10.9 Å². The van der Waals surface area contributed by atoms with Crippen LogP contribution < -0.4 is 0 Å². The first-order valence-corrected chi connectivity index (χ1v) is 4.31. The van der Waals surface area contributed by atoms with Crippen LogP contribution in [0.1, 0.15) is 9.67 Å². The second kappa shape index (κ2) is 2.24. The Labute approximate surface area is 69.3 Å². The third kappa shape index (κ3) is 0.997. The molecule has 0 atom stereocenters. The molecule has 2 heterocycles. The Bertz CT molecular complexity index is 377. The fraction of sp³-hybridized carbons (Fsp3) is 0. The summed E-state index contributed by atoms with van der Waals surface area (Å²) in [5.74, 6) is -0.903. The highest BCUT2D eigenvalue weighted by Gasteiger charge is 2.09. The van der Waals surface area contributed by atoms with Crippen LogP contribution in [0.2, 0.25) is 0 Å². The lowest BCUT2D eigenvalue weighted by Gasteiger charge is -1.79.